The molecule has 0 bridgehead atoms. The molecule has 1 atom stereocenters. The van der Waals surface area contributed by atoms with E-state index in [-0.39, 0.29) is 12.0 Å². The second-order valence-electron chi connectivity index (χ2n) is 10.9. The van der Waals surface area contributed by atoms with Gasteiger partial charge in [0.15, 0.2) is 5.13 Å². The lowest BCUT2D eigenvalue weighted by Crippen LogP contribution is -2.57. The molecule has 40 heavy (non-hydrogen) atoms. The van der Waals surface area contributed by atoms with E-state index in [1.807, 2.05) is 24.6 Å². The number of carbonyl (C=O) groups is 1. The summed E-state index contributed by atoms with van der Waals surface area (Å²) in [6, 6.07) is 2.20. The number of thiazole rings is 1. The highest BCUT2D eigenvalue weighted by Gasteiger charge is 2.30. The van der Waals surface area contributed by atoms with E-state index in [0.29, 0.717) is 26.1 Å². The minimum Gasteiger partial charge on any atom is -0.389 e. The standard InChI is InChI=1S/C29H36FN7O2S/c1-4-24-28(33(3)29-32-25(18-40-29)20-5-7-21(30)8-6-20)37-14-22(13-19(2)27(37)31-24)35-11-9-34(10-12-35)17-26(39)36-15-23(38)16-36/h5-7,13-14,18,21,23,38H,4,8-12,15-17H2,1-3H3. The average molecular weight is 566 g/mol. The zero-order chi connectivity index (χ0) is 28.0. The Balaban J connectivity index is 1.22. The number of β-amino-alcohol motifs (C(OH)–C–C–N with tert-alkyl or cyclic N) is 1. The van der Waals surface area contributed by atoms with Crippen LogP contribution in [0.5, 0.6) is 0 Å². The molecule has 0 aromatic carbocycles. The molecule has 1 unspecified atom stereocenters. The van der Waals surface area contributed by atoms with Gasteiger partial charge in [-0.1, -0.05) is 19.1 Å². The summed E-state index contributed by atoms with van der Waals surface area (Å²) in [5, 5.41) is 12.4. The third-order valence-electron chi connectivity index (χ3n) is 8.02. The van der Waals surface area contributed by atoms with E-state index in [1.165, 1.54) is 0 Å². The maximum atomic E-state index is 13.6. The molecule has 2 fully saturated rings. The number of aliphatic hydroxyl groups excluding tert-OH is 1. The molecule has 3 aromatic heterocycles. The lowest BCUT2D eigenvalue weighted by Gasteiger charge is -2.39. The first-order chi connectivity index (χ1) is 19.3. The number of nitrogens with zero attached hydrogens (tertiary/aromatic N) is 7. The van der Waals surface area contributed by atoms with Crippen molar-refractivity contribution in [1.29, 1.82) is 0 Å². The number of fused-ring (bicyclic) bond motifs is 1. The van der Waals surface area contributed by atoms with Crippen molar-refractivity contribution in [2.24, 2.45) is 0 Å². The molecule has 1 aliphatic carbocycles. The molecule has 6 rings (SSSR count). The number of anilines is 3. The number of imidazole rings is 1. The summed E-state index contributed by atoms with van der Waals surface area (Å²) in [6.07, 6.45) is 7.39. The first-order valence-corrected chi connectivity index (χ1v) is 14.9. The highest BCUT2D eigenvalue weighted by atomic mass is 32.1. The normalized spacial score (nSPS) is 20.2. The molecule has 9 nitrogen and oxygen atoms in total. The summed E-state index contributed by atoms with van der Waals surface area (Å²) in [7, 11) is 2.03. The highest BCUT2D eigenvalue weighted by molar-refractivity contribution is 7.13. The summed E-state index contributed by atoms with van der Waals surface area (Å²) in [6.45, 7) is 8.83. The molecular formula is C29H36FN7O2S. The molecule has 1 N–H and O–H groups in total. The summed E-state index contributed by atoms with van der Waals surface area (Å²) < 4.78 is 15.7. The second kappa shape index (κ2) is 10.9. The van der Waals surface area contributed by atoms with E-state index < -0.39 is 6.17 Å². The maximum Gasteiger partial charge on any atom is 0.236 e. The van der Waals surface area contributed by atoms with Gasteiger partial charge in [0.05, 0.1) is 29.7 Å². The number of amides is 1. The Hall–Kier alpha value is -3.28. The van der Waals surface area contributed by atoms with Crippen molar-refractivity contribution in [2.75, 3.05) is 62.7 Å². The number of allylic oxidation sites excluding steroid dienone is 4. The van der Waals surface area contributed by atoms with Crippen LogP contribution in [0, 0.1) is 6.92 Å². The number of aryl methyl sites for hydroxylation is 2. The molecule has 2 aliphatic heterocycles. The van der Waals surface area contributed by atoms with Gasteiger partial charge in [0.25, 0.3) is 0 Å². The van der Waals surface area contributed by atoms with Crippen molar-refractivity contribution in [1.82, 2.24) is 24.2 Å². The van der Waals surface area contributed by atoms with Gasteiger partial charge in [-0.3, -0.25) is 14.1 Å². The van der Waals surface area contributed by atoms with Crippen LogP contribution < -0.4 is 9.80 Å². The second-order valence-corrected chi connectivity index (χ2v) is 11.7. The van der Waals surface area contributed by atoms with Crippen LogP contribution >= 0.6 is 11.3 Å². The number of alkyl halides is 1. The van der Waals surface area contributed by atoms with E-state index >= 15 is 0 Å². The number of aromatic nitrogens is 3. The molecule has 0 saturated carbocycles. The van der Waals surface area contributed by atoms with Gasteiger partial charge >= 0.3 is 0 Å². The van der Waals surface area contributed by atoms with E-state index in [4.69, 9.17) is 9.97 Å². The van der Waals surface area contributed by atoms with Crippen LogP contribution in [0.2, 0.25) is 0 Å². The molecule has 2 saturated heterocycles. The van der Waals surface area contributed by atoms with Crippen LogP contribution in [0.25, 0.3) is 11.2 Å². The fourth-order valence-corrected chi connectivity index (χ4v) is 6.43. The van der Waals surface area contributed by atoms with Crippen LogP contribution in [0.1, 0.15) is 30.3 Å². The molecule has 5 heterocycles. The third kappa shape index (κ3) is 5.13. The molecular weight excluding hydrogens is 529 g/mol. The Morgan fingerprint density at radius 2 is 2.00 bits per heavy atom. The quantitative estimate of drug-likeness (QED) is 0.470. The van der Waals surface area contributed by atoms with Gasteiger partial charge in [0, 0.05) is 64.3 Å². The van der Waals surface area contributed by atoms with Crippen LogP contribution in [-0.4, -0.2) is 100 Å². The number of likely N-dealkylation sites (tertiary alicyclic amines) is 1. The Labute approximate surface area is 237 Å². The first-order valence-electron chi connectivity index (χ1n) is 14.0. The van der Waals surface area contributed by atoms with Crippen LogP contribution in [-0.2, 0) is 11.2 Å². The van der Waals surface area contributed by atoms with Crippen molar-refractivity contribution in [3.05, 3.63) is 52.8 Å². The number of rotatable bonds is 7. The van der Waals surface area contributed by atoms with Crippen LogP contribution in [0.3, 0.4) is 0 Å². The summed E-state index contributed by atoms with van der Waals surface area (Å²) >= 11 is 1.57. The monoisotopic (exact) mass is 565 g/mol. The van der Waals surface area contributed by atoms with Crippen molar-refractivity contribution >= 4 is 45.1 Å². The number of aliphatic hydroxyl groups is 1. The van der Waals surface area contributed by atoms with Crippen LogP contribution in [0.4, 0.5) is 21.0 Å². The van der Waals surface area contributed by atoms with Crippen molar-refractivity contribution in [2.45, 2.75) is 39.0 Å². The predicted molar refractivity (Wildman–Crippen MR) is 157 cm³/mol. The van der Waals surface area contributed by atoms with Crippen molar-refractivity contribution in [3.8, 4) is 0 Å². The Morgan fingerprint density at radius 1 is 1.23 bits per heavy atom. The Morgan fingerprint density at radius 3 is 2.67 bits per heavy atom. The van der Waals surface area contributed by atoms with Crippen molar-refractivity contribution in [3.63, 3.8) is 0 Å². The Bertz CT molecular complexity index is 1470. The lowest BCUT2D eigenvalue weighted by atomic mass is 10.0. The van der Waals surface area contributed by atoms with Crippen molar-refractivity contribution < 1.29 is 14.3 Å². The zero-order valence-corrected chi connectivity index (χ0v) is 24.1. The molecule has 3 aromatic rings. The summed E-state index contributed by atoms with van der Waals surface area (Å²) in [5.41, 5.74) is 6.01. The number of hydrogen-bond acceptors (Lipinski definition) is 8. The maximum absolute atomic E-state index is 13.6. The van der Waals surface area contributed by atoms with E-state index in [0.717, 1.165) is 77.4 Å². The topological polar surface area (TPSA) is 80.5 Å². The minimum absolute atomic E-state index is 0.0990. The van der Waals surface area contributed by atoms with Gasteiger partial charge in [-0.2, -0.15) is 0 Å². The smallest absolute Gasteiger partial charge is 0.236 e. The zero-order valence-electron chi connectivity index (χ0n) is 23.3. The molecule has 0 radical (unpaired) electrons. The van der Waals surface area contributed by atoms with E-state index in [9.17, 15) is 14.3 Å². The van der Waals surface area contributed by atoms with E-state index in [2.05, 4.69) is 45.2 Å². The van der Waals surface area contributed by atoms with Gasteiger partial charge in [-0.15, -0.1) is 11.3 Å². The molecule has 3 aliphatic rings. The molecule has 212 valence electrons. The summed E-state index contributed by atoms with van der Waals surface area (Å²) in [5.74, 6) is 1.10. The van der Waals surface area contributed by atoms with Gasteiger partial charge in [0.2, 0.25) is 5.91 Å². The number of carbonyl (C=O) groups excluding carboxylic acids is 1. The highest BCUT2D eigenvalue weighted by Crippen LogP contribution is 2.35. The van der Waals surface area contributed by atoms with Gasteiger partial charge < -0.3 is 19.8 Å². The lowest BCUT2D eigenvalue weighted by molar-refractivity contribution is -0.142. The van der Waals surface area contributed by atoms with Gasteiger partial charge in [-0.05, 0) is 36.6 Å². The van der Waals surface area contributed by atoms with Gasteiger partial charge in [0.1, 0.15) is 17.6 Å². The fraction of sp³-hybridized carbons (Fsp3) is 0.483. The molecule has 1 amide bonds. The van der Waals surface area contributed by atoms with E-state index in [1.54, 1.807) is 22.3 Å². The SMILES string of the molecule is CCc1nc2c(C)cc(N3CCN(CC(=O)N4CC(O)C4)CC3)cn2c1N(C)c1nc(C2=CCC(F)C=C2)cs1. The number of halogens is 1. The first kappa shape index (κ1) is 26.9. The third-order valence-corrected chi connectivity index (χ3v) is 8.94. The molecule has 11 heteroatoms. The van der Waals surface area contributed by atoms with Crippen LogP contribution in [0.15, 0.2) is 35.9 Å². The largest absolute Gasteiger partial charge is 0.389 e. The predicted octanol–water partition coefficient (Wildman–Crippen LogP) is 3.44. The number of pyridine rings is 1. The molecule has 0 spiro atoms. The number of piperazine rings is 1. The summed E-state index contributed by atoms with van der Waals surface area (Å²) in [4.78, 5) is 30.7. The minimum atomic E-state index is -0.918. The number of hydrogen-bond donors (Lipinski definition) is 1. The fourth-order valence-electron chi connectivity index (χ4n) is 5.63. The van der Waals surface area contributed by atoms with Gasteiger partial charge in [-0.25, -0.2) is 14.4 Å². The Kier molecular flexibility index (Phi) is 7.37. The average Bonchev–Trinajstić information content (AvgIpc) is 3.57.